The lowest BCUT2D eigenvalue weighted by molar-refractivity contribution is 0.470. The van der Waals surface area contributed by atoms with Crippen LogP contribution in [0.25, 0.3) is 0 Å². The maximum absolute atomic E-state index is 13.5. The van der Waals surface area contributed by atoms with E-state index in [9.17, 15) is 9.50 Å². The summed E-state index contributed by atoms with van der Waals surface area (Å²) < 4.78 is 13.5. The number of aromatic hydroxyl groups is 1. The molecule has 2 aromatic carbocycles. The third-order valence-electron chi connectivity index (χ3n) is 3.56. The van der Waals surface area contributed by atoms with Crippen molar-refractivity contribution < 1.29 is 9.50 Å². The molecule has 0 saturated carbocycles. The van der Waals surface area contributed by atoms with Gasteiger partial charge in [0.2, 0.25) is 0 Å². The average Bonchev–Trinajstić information content (AvgIpc) is 2.43. The highest BCUT2D eigenvalue weighted by atomic mass is 19.1. The molecule has 20 heavy (non-hydrogen) atoms. The lowest BCUT2D eigenvalue weighted by Gasteiger charge is -2.19. The number of nitrogens with one attached hydrogen (secondary N) is 1. The van der Waals surface area contributed by atoms with Crippen molar-refractivity contribution in [1.29, 1.82) is 0 Å². The number of aryl methyl sites for hydroxylation is 1. The van der Waals surface area contributed by atoms with Crippen LogP contribution in [0.4, 0.5) is 4.39 Å². The molecule has 2 rings (SSSR count). The summed E-state index contributed by atoms with van der Waals surface area (Å²) in [6.45, 7) is 2.72. The van der Waals surface area contributed by atoms with Crippen LogP contribution < -0.4 is 5.32 Å². The summed E-state index contributed by atoms with van der Waals surface area (Å²) in [6.07, 6.45) is 0.879. The predicted molar refractivity (Wildman–Crippen MR) is 79.6 cm³/mol. The van der Waals surface area contributed by atoms with Gasteiger partial charge in [0.1, 0.15) is 11.6 Å². The fourth-order valence-corrected chi connectivity index (χ4v) is 2.43. The minimum absolute atomic E-state index is 0.123. The van der Waals surface area contributed by atoms with Crippen molar-refractivity contribution >= 4 is 0 Å². The molecule has 0 aromatic heterocycles. The largest absolute Gasteiger partial charge is 0.508 e. The second-order valence-corrected chi connectivity index (χ2v) is 5.05. The predicted octanol–water partition coefficient (Wildman–Crippen LogP) is 3.58. The van der Waals surface area contributed by atoms with Gasteiger partial charge in [-0.15, -0.1) is 0 Å². The minimum Gasteiger partial charge on any atom is -0.508 e. The Morgan fingerprint density at radius 2 is 1.90 bits per heavy atom. The molecular formula is C17H20FNO. The molecule has 0 aliphatic carbocycles. The quantitative estimate of drug-likeness (QED) is 0.872. The van der Waals surface area contributed by atoms with Gasteiger partial charge in [-0.25, -0.2) is 4.39 Å². The molecule has 2 N–H and O–H groups in total. The van der Waals surface area contributed by atoms with Crippen molar-refractivity contribution in [3.05, 3.63) is 65.0 Å². The van der Waals surface area contributed by atoms with E-state index in [1.54, 1.807) is 18.2 Å². The summed E-state index contributed by atoms with van der Waals surface area (Å²) in [5.74, 6) is 0.199. The molecule has 0 heterocycles. The molecule has 1 unspecified atom stereocenters. The number of rotatable bonds is 5. The Morgan fingerprint density at radius 3 is 2.55 bits per heavy atom. The van der Waals surface area contributed by atoms with E-state index in [2.05, 4.69) is 5.32 Å². The van der Waals surface area contributed by atoms with Gasteiger partial charge in [0.05, 0.1) is 0 Å². The van der Waals surface area contributed by atoms with Crippen molar-refractivity contribution in [2.75, 3.05) is 13.6 Å². The third-order valence-corrected chi connectivity index (χ3v) is 3.56. The molecule has 0 aliphatic heterocycles. The van der Waals surface area contributed by atoms with Gasteiger partial charge in [-0.3, -0.25) is 0 Å². The van der Waals surface area contributed by atoms with Crippen LogP contribution in [-0.2, 0) is 0 Å². The Hall–Kier alpha value is -1.87. The minimum atomic E-state index is -0.215. The number of hydrogen-bond donors (Lipinski definition) is 2. The molecule has 2 nitrogen and oxygen atoms in total. The van der Waals surface area contributed by atoms with Gasteiger partial charge in [0.25, 0.3) is 0 Å². The van der Waals surface area contributed by atoms with Crippen LogP contribution in [0, 0.1) is 12.7 Å². The Labute approximate surface area is 119 Å². The van der Waals surface area contributed by atoms with Crippen molar-refractivity contribution in [2.24, 2.45) is 0 Å². The Balaban J connectivity index is 2.38. The first-order chi connectivity index (χ1) is 9.61. The van der Waals surface area contributed by atoms with Crippen LogP contribution in [0.2, 0.25) is 0 Å². The van der Waals surface area contributed by atoms with Gasteiger partial charge >= 0.3 is 0 Å². The van der Waals surface area contributed by atoms with E-state index < -0.39 is 0 Å². The zero-order chi connectivity index (χ0) is 14.5. The molecule has 3 heteroatoms. The molecule has 0 bridgehead atoms. The van der Waals surface area contributed by atoms with Gasteiger partial charge in [0.15, 0.2) is 0 Å². The molecule has 0 saturated heterocycles. The average molecular weight is 273 g/mol. The lowest BCUT2D eigenvalue weighted by atomic mass is 9.87. The molecule has 0 radical (unpaired) electrons. The Morgan fingerprint density at radius 1 is 1.15 bits per heavy atom. The SMILES string of the molecule is CNCCC(c1cccc(F)c1)c1ccc(O)c(C)c1. The zero-order valence-electron chi connectivity index (χ0n) is 11.9. The number of halogens is 1. The first-order valence-electron chi connectivity index (χ1n) is 6.81. The van der Waals surface area contributed by atoms with Crippen LogP contribution in [-0.4, -0.2) is 18.7 Å². The molecule has 0 aliphatic rings. The van der Waals surface area contributed by atoms with Crippen LogP contribution >= 0.6 is 0 Å². The highest BCUT2D eigenvalue weighted by Crippen LogP contribution is 2.30. The van der Waals surface area contributed by atoms with Crippen LogP contribution in [0.3, 0.4) is 0 Å². The molecule has 0 fully saturated rings. The second-order valence-electron chi connectivity index (χ2n) is 5.05. The first kappa shape index (κ1) is 14.5. The number of benzene rings is 2. The molecule has 0 spiro atoms. The molecular weight excluding hydrogens is 253 g/mol. The summed E-state index contributed by atoms with van der Waals surface area (Å²) in [7, 11) is 1.91. The number of phenols is 1. The van der Waals surface area contributed by atoms with Gasteiger partial charge < -0.3 is 10.4 Å². The Kier molecular flexibility index (Phi) is 4.74. The second kappa shape index (κ2) is 6.53. The lowest BCUT2D eigenvalue weighted by Crippen LogP contribution is -2.13. The van der Waals surface area contributed by atoms with Crippen LogP contribution in [0.5, 0.6) is 5.75 Å². The van der Waals surface area contributed by atoms with Crippen LogP contribution in [0.15, 0.2) is 42.5 Å². The summed E-state index contributed by atoms with van der Waals surface area (Å²) in [4.78, 5) is 0. The van der Waals surface area contributed by atoms with E-state index >= 15 is 0 Å². The maximum atomic E-state index is 13.5. The summed E-state index contributed by atoms with van der Waals surface area (Å²) in [5, 5.41) is 12.8. The summed E-state index contributed by atoms with van der Waals surface area (Å²) in [6, 6.07) is 12.3. The normalized spacial score (nSPS) is 12.3. The van der Waals surface area contributed by atoms with Gasteiger partial charge in [-0.1, -0.05) is 24.3 Å². The molecule has 1 atom stereocenters. The van der Waals surface area contributed by atoms with E-state index in [0.717, 1.165) is 29.7 Å². The highest BCUT2D eigenvalue weighted by Gasteiger charge is 2.15. The van der Waals surface area contributed by atoms with E-state index in [0.29, 0.717) is 5.75 Å². The number of phenolic OH excluding ortho intramolecular Hbond substituents is 1. The molecule has 2 aromatic rings. The Bertz CT molecular complexity index is 583. The van der Waals surface area contributed by atoms with Crippen LogP contribution in [0.1, 0.15) is 29.0 Å². The van der Waals surface area contributed by atoms with Crippen molar-refractivity contribution in [1.82, 2.24) is 5.32 Å². The maximum Gasteiger partial charge on any atom is 0.123 e. The summed E-state index contributed by atoms with van der Waals surface area (Å²) >= 11 is 0. The first-order valence-corrected chi connectivity index (χ1v) is 6.81. The fourth-order valence-electron chi connectivity index (χ4n) is 2.43. The molecule has 106 valence electrons. The van der Waals surface area contributed by atoms with E-state index in [4.69, 9.17) is 0 Å². The van der Waals surface area contributed by atoms with Crippen molar-refractivity contribution in [3.8, 4) is 5.75 Å². The van der Waals surface area contributed by atoms with Gasteiger partial charge in [-0.05, 0) is 61.8 Å². The summed E-state index contributed by atoms with van der Waals surface area (Å²) in [5.41, 5.74) is 2.90. The third kappa shape index (κ3) is 3.36. The topological polar surface area (TPSA) is 32.3 Å². The van der Waals surface area contributed by atoms with Crippen molar-refractivity contribution in [2.45, 2.75) is 19.3 Å². The number of hydrogen-bond acceptors (Lipinski definition) is 2. The highest BCUT2D eigenvalue weighted by molar-refractivity contribution is 5.40. The fraction of sp³-hybridized carbons (Fsp3) is 0.294. The smallest absolute Gasteiger partial charge is 0.123 e. The van der Waals surface area contributed by atoms with Gasteiger partial charge in [-0.2, -0.15) is 0 Å². The zero-order valence-corrected chi connectivity index (χ0v) is 11.9. The van der Waals surface area contributed by atoms with E-state index in [1.807, 2.05) is 32.2 Å². The van der Waals surface area contributed by atoms with Gasteiger partial charge in [0, 0.05) is 5.92 Å². The van der Waals surface area contributed by atoms with E-state index in [-0.39, 0.29) is 11.7 Å². The standard InChI is InChI=1S/C17H20FNO/c1-12-10-14(6-7-17(12)20)16(8-9-19-2)13-4-3-5-15(18)11-13/h3-7,10-11,16,19-20H,8-9H2,1-2H3. The van der Waals surface area contributed by atoms with Crippen molar-refractivity contribution in [3.63, 3.8) is 0 Å². The molecule has 0 amide bonds. The monoisotopic (exact) mass is 273 g/mol. The van der Waals surface area contributed by atoms with E-state index in [1.165, 1.54) is 6.07 Å².